The van der Waals surface area contributed by atoms with E-state index in [9.17, 15) is 29.8 Å². The number of carbonyl (C=O) groups excluding carboxylic acids is 1. The predicted octanol–water partition coefficient (Wildman–Crippen LogP) is 2.61. The number of ether oxygens (including phenoxy) is 1. The van der Waals surface area contributed by atoms with E-state index in [1.807, 2.05) is 0 Å². The Balaban J connectivity index is 1.93. The van der Waals surface area contributed by atoms with Gasteiger partial charge >= 0.3 is 5.97 Å². The van der Waals surface area contributed by atoms with Crippen LogP contribution in [0.4, 0.5) is 11.4 Å². The van der Waals surface area contributed by atoms with Crippen molar-refractivity contribution in [2.24, 2.45) is 4.99 Å². The van der Waals surface area contributed by atoms with E-state index in [4.69, 9.17) is 4.74 Å². The summed E-state index contributed by atoms with van der Waals surface area (Å²) in [5, 5.41) is 22.3. The largest absolute Gasteiger partial charge is 0.463 e. The summed E-state index contributed by atoms with van der Waals surface area (Å²) >= 11 is 1.08. The molecule has 1 aliphatic rings. The summed E-state index contributed by atoms with van der Waals surface area (Å²) < 4.78 is 6.81. The summed E-state index contributed by atoms with van der Waals surface area (Å²) in [6, 6.07) is 10.4. The Hall–Kier alpha value is -4.45. The first-order valence-electron chi connectivity index (χ1n) is 10.4. The number of non-ortho nitro benzene ring substituents is 2. The molecular weight excluding hydrogens is 476 g/mol. The van der Waals surface area contributed by atoms with Crippen molar-refractivity contribution in [3.63, 3.8) is 0 Å². The normalized spacial score (nSPS) is 15.4. The second-order valence-electron chi connectivity index (χ2n) is 7.50. The van der Waals surface area contributed by atoms with Gasteiger partial charge in [0.05, 0.1) is 38.3 Å². The lowest BCUT2D eigenvalue weighted by atomic mass is 9.95. The number of carbonyl (C=O) groups is 1. The van der Waals surface area contributed by atoms with Gasteiger partial charge in [-0.05, 0) is 43.2 Å². The number of benzene rings is 2. The number of nitro benzene ring substituents is 2. The summed E-state index contributed by atoms with van der Waals surface area (Å²) in [7, 11) is 0. The average molecular weight is 494 g/mol. The number of fused-ring (bicyclic) bond motifs is 1. The van der Waals surface area contributed by atoms with Crippen LogP contribution in [0.5, 0.6) is 0 Å². The van der Waals surface area contributed by atoms with Crippen molar-refractivity contribution in [3.05, 3.63) is 111 Å². The van der Waals surface area contributed by atoms with Gasteiger partial charge in [-0.2, -0.15) is 0 Å². The van der Waals surface area contributed by atoms with E-state index in [0.717, 1.165) is 11.3 Å². The van der Waals surface area contributed by atoms with Gasteiger partial charge in [0, 0.05) is 24.3 Å². The molecule has 0 saturated heterocycles. The number of thiazole rings is 1. The molecule has 0 bridgehead atoms. The molecule has 1 aliphatic heterocycles. The maximum atomic E-state index is 13.5. The molecule has 0 saturated carbocycles. The highest BCUT2D eigenvalue weighted by Gasteiger charge is 2.34. The standard InChI is InChI=1S/C23H18N4O7S/c1-3-34-22(29)19-13(2)24-23-25(20(19)15-5-4-6-17(12-15)27(32)33)21(28)18(35-23)11-14-7-9-16(10-8-14)26(30)31/h4-12,20H,3H2,1-2H3/b18-11-/t20-/m0/s1. The van der Waals surface area contributed by atoms with E-state index in [1.165, 1.54) is 47.0 Å². The molecule has 0 aliphatic carbocycles. The van der Waals surface area contributed by atoms with Crippen molar-refractivity contribution < 1.29 is 19.4 Å². The Labute approximate surface area is 201 Å². The molecule has 2 heterocycles. The first-order chi connectivity index (χ1) is 16.7. The smallest absolute Gasteiger partial charge is 0.338 e. The van der Waals surface area contributed by atoms with Gasteiger partial charge in [-0.15, -0.1) is 0 Å². The van der Waals surface area contributed by atoms with Gasteiger partial charge in [0.2, 0.25) is 0 Å². The highest BCUT2D eigenvalue weighted by Crippen LogP contribution is 2.32. The van der Waals surface area contributed by atoms with Gasteiger partial charge in [-0.1, -0.05) is 23.5 Å². The van der Waals surface area contributed by atoms with Crippen LogP contribution in [0.15, 0.2) is 69.6 Å². The summed E-state index contributed by atoms with van der Waals surface area (Å²) in [5.74, 6) is -0.671. The summed E-state index contributed by atoms with van der Waals surface area (Å²) in [4.78, 5) is 52.3. The lowest BCUT2D eigenvalue weighted by molar-refractivity contribution is -0.385. The van der Waals surface area contributed by atoms with Crippen LogP contribution in [0.1, 0.15) is 31.0 Å². The second kappa shape index (κ2) is 9.43. The van der Waals surface area contributed by atoms with Crippen LogP contribution in [-0.2, 0) is 9.53 Å². The van der Waals surface area contributed by atoms with Crippen LogP contribution in [0.2, 0.25) is 0 Å². The third kappa shape index (κ3) is 4.51. The van der Waals surface area contributed by atoms with Crippen LogP contribution in [0, 0.1) is 20.2 Å². The minimum atomic E-state index is -0.982. The highest BCUT2D eigenvalue weighted by atomic mass is 32.1. The molecule has 0 spiro atoms. The topological polar surface area (TPSA) is 147 Å². The van der Waals surface area contributed by atoms with Gasteiger partial charge in [0.25, 0.3) is 16.9 Å². The number of hydrogen-bond acceptors (Lipinski definition) is 9. The Morgan fingerprint density at radius 2 is 1.83 bits per heavy atom. The van der Waals surface area contributed by atoms with Gasteiger partial charge in [-0.25, -0.2) is 9.79 Å². The predicted molar refractivity (Wildman–Crippen MR) is 127 cm³/mol. The molecule has 12 heteroatoms. The quantitative estimate of drug-likeness (QED) is 0.291. The van der Waals surface area contributed by atoms with Crippen LogP contribution in [0.25, 0.3) is 6.08 Å². The fourth-order valence-corrected chi connectivity index (χ4v) is 4.81. The molecule has 4 rings (SSSR count). The molecule has 0 fully saturated rings. The zero-order valence-electron chi connectivity index (χ0n) is 18.5. The molecule has 2 aromatic carbocycles. The van der Waals surface area contributed by atoms with Crippen molar-refractivity contribution in [1.29, 1.82) is 0 Å². The third-order valence-corrected chi connectivity index (χ3v) is 6.30. The minimum absolute atomic E-state index is 0.0796. The zero-order valence-corrected chi connectivity index (χ0v) is 19.4. The van der Waals surface area contributed by atoms with Crippen molar-refractivity contribution in [2.45, 2.75) is 19.9 Å². The number of esters is 1. The molecule has 178 valence electrons. The van der Waals surface area contributed by atoms with Crippen molar-refractivity contribution in [3.8, 4) is 0 Å². The molecule has 11 nitrogen and oxygen atoms in total. The van der Waals surface area contributed by atoms with Crippen LogP contribution in [-0.4, -0.2) is 27.0 Å². The maximum absolute atomic E-state index is 13.5. The van der Waals surface area contributed by atoms with Crippen LogP contribution < -0.4 is 14.9 Å². The number of hydrogen-bond donors (Lipinski definition) is 0. The Kier molecular flexibility index (Phi) is 6.38. The summed E-state index contributed by atoms with van der Waals surface area (Å²) in [6.45, 7) is 3.36. The van der Waals surface area contributed by atoms with E-state index in [0.29, 0.717) is 21.6 Å². The van der Waals surface area contributed by atoms with E-state index in [2.05, 4.69) is 4.99 Å². The van der Waals surface area contributed by atoms with Gasteiger partial charge in [0.15, 0.2) is 4.80 Å². The number of nitro groups is 2. The molecule has 0 N–H and O–H groups in total. The number of aromatic nitrogens is 1. The van der Waals surface area contributed by atoms with Gasteiger partial charge in [0.1, 0.15) is 0 Å². The molecule has 0 amide bonds. The zero-order chi connectivity index (χ0) is 25.3. The number of nitrogens with zero attached hydrogens (tertiary/aromatic N) is 4. The summed E-state index contributed by atoms with van der Waals surface area (Å²) in [5.41, 5.74) is 0.647. The van der Waals surface area contributed by atoms with Gasteiger partial charge < -0.3 is 4.74 Å². The maximum Gasteiger partial charge on any atom is 0.338 e. The minimum Gasteiger partial charge on any atom is -0.463 e. The molecule has 1 aromatic heterocycles. The fraction of sp³-hybridized carbons (Fsp3) is 0.174. The third-order valence-electron chi connectivity index (χ3n) is 5.32. The van der Waals surface area contributed by atoms with Crippen molar-refractivity contribution in [2.75, 3.05) is 6.61 Å². The van der Waals surface area contributed by atoms with E-state index in [1.54, 1.807) is 26.0 Å². The van der Waals surface area contributed by atoms with Crippen molar-refractivity contribution in [1.82, 2.24) is 4.57 Å². The monoisotopic (exact) mass is 494 g/mol. The van der Waals surface area contributed by atoms with Crippen LogP contribution in [0.3, 0.4) is 0 Å². The van der Waals surface area contributed by atoms with Gasteiger partial charge in [-0.3, -0.25) is 29.6 Å². The number of rotatable bonds is 6. The SMILES string of the molecule is CCOC(=O)C1=C(C)N=c2s/c(=C\c3ccc([N+](=O)[O-])cc3)c(=O)n2[C@H]1c1cccc([N+](=O)[O-])c1. The Bertz CT molecular complexity index is 1570. The first kappa shape index (κ1) is 23.7. The fourth-order valence-electron chi connectivity index (χ4n) is 3.76. The van der Waals surface area contributed by atoms with E-state index in [-0.39, 0.29) is 28.1 Å². The Morgan fingerprint density at radius 3 is 2.46 bits per heavy atom. The second-order valence-corrected chi connectivity index (χ2v) is 8.51. The first-order valence-corrected chi connectivity index (χ1v) is 11.2. The van der Waals surface area contributed by atoms with E-state index >= 15 is 0 Å². The lowest BCUT2D eigenvalue weighted by Gasteiger charge is -2.24. The molecule has 3 aromatic rings. The van der Waals surface area contributed by atoms with Crippen LogP contribution >= 0.6 is 11.3 Å². The Morgan fingerprint density at radius 1 is 1.14 bits per heavy atom. The summed E-state index contributed by atoms with van der Waals surface area (Å²) in [6.07, 6.45) is 1.57. The highest BCUT2D eigenvalue weighted by molar-refractivity contribution is 7.07. The number of allylic oxidation sites excluding steroid dienone is 1. The molecule has 1 atom stereocenters. The van der Waals surface area contributed by atoms with E-state index < -0.39 is 27.4 Å². The molecule has 0 unspecified atom stereocenters. The lowest BCUT2D eigenvalue weighted by Crippen LogP contribution is -2.39. The molecular formula is C23H18N4O7S. The molecule has 35 heavy (non-hydrogen) atoms. The van der Waals surface area contributed by atoms with Crippen molar-refractivity contribution >= 4 is 34.8 Å². The molecule has 0 radical (unpaired) electrons. The average Bonchev–Trinajstić information content (AvgIpc) is 3.13.